The Kier molecular flexibility index (Phi) is 8.58. The topological polar surface area (TPSA) is 126 Å². The van der Waals surface area contributed by atoms with E-state index in [1.165, 1.54) is 6.07 Å². The second kappa shape index (κ2) is 12.6. The quantitative estimate of drug-likeness (QED) is 0.202. The SMILES string of the molecule is N#CCC1(Cn2c(CN3CCC(Oc4ccnc(COc5ccc(Cl)cc5Cl)n4)CC3)nc3c(F)cc(C(=O)O)cc32)CC1. The van der Waals surface area contributed by atoms with Crippen LogP contribution < -0.4 is 9.47 Å². The molecule has 0 atom stereocenters. The fraction of sp³-hybridized carbons (Fsp3) is 0.387. The number of carbonyl (C=O) groups is 1. The first-order valence-corrected chi connectivity index (χ1v) is 15.1. The molecule has 2 aliphatic rings. The average molecular weight is 640 g/mol. The Morgan fingerprint density at radius 2 is 1.95 bits per heavy atom. The van der Waals surface area contributed by atoms with E-state index in [4.69, 9.17) is 32.7 Å². The summed E-state index contributed by atoms with van der Waals surface area (Å²) in [5.41, 5.74) is 0.287. The summed E-state index contributed by atoms with van der Waals surface area (Å²) in [4.78, 5) is 27.2. The Morgan fingerprint density at radius 3 is 2.66 bits per heavy atom. The maximum Gasteiger partial charge on any atom is 0.335 e. The fourth-order valence-corrected chi connectivity index (χ4v) is 5.99. The zero-order valence-electron chi connectivity index (χ0n) is 23.7. The Hall–Kier alpha value is -3.98. The lowest BCUT2D eigenvalue weighted by atomic mass is 10.0. The van der Waals surface area contributed by atoms with E-state index in [-0.39, 0.29) is 29.2 Å². The van der Waals surface area contributed by atoms with Gasteiger partial charge in [-0.2, -0.15) is 10.2 Å². The summed E-state index contributed by atoms with van der Waals surface area (Å²) in [7, 11) is 0. The van der Waals surface area contributed by atoms with E-state index in [0.717, 1.165) is 44.8 Å². The summed E-state index contributed by atoms with van der Waals surface area (Å²) < 4.78 is 28.8. The second-order valence-corrected chi connectivity index (χ2v) is 12.2. The number of nitrogens with zero attached hydrogens (tertiary/aromatic N) is 6. The van der Waals surface area contributed by atoms with Crippen LogP contribution >= 0.6 is 23.2 Å². The number of nitriles is 1. The number of rotatable bonds is 11. The van der Waals surface area contributed by atoms with Crippen molar-refractivity contribution in [1.82, 2.24) is 24.4 Å². The van der Waals surface area contributed by atoms with Crippen molar-refractivity contribution in [2.45, 2.75) is 57.9 Å². The number of hydrogen-bond donors (Lipinski definition) is 1. The van der Waals surface area contributed by atoms with E-state index in [1.807, 2.05) is 4.57 Å². The number of hydrogen-bond acceptors (Lipinski definition) is 8. The molecular weight excluding hydrogens is 610 g/mol. The first-order valence-electron chi connectivity index (χ1n) is 14.3. The molecule has 0 spiro atoms. The molecule has 0 unspecified atom stereocenters. The summed E-state index contributed by atoms with van der Waals surface area (Å²) in [5.74, 6) is 0.184. The fourth-order valence-electron chi connectivity index (χ4n) is 5.53. The van der Waals surface area contributed by atoms with Gasteiger partial charge in [-0.3, -0.25) is 4.90 Å². The highest BCUT2D eigenvalue weighted by molar-refractivity contribution is 6.35. The predicted octanol–water partition coefficient (Wildman–Crippen LogP) is 6.29. The molecule has 1 saturated carbocycles. The van der Waals surface area contributed by atoms with E-state index in [0.29, 0.717) is 58.4 Å². The first kappa shape index (κ1) is 30.1. The van der Waals surface area contributed by atoms with Crippen molar-refractivity contribution >= 4 is 40.2 Å². The summed E-state index contributed by atoms with van der Waals surface area (Å²) in [6.07, 6.45) is 5.24. The van der Waals surface area contributed by atoms with Crippen LogP contribution in [0.2, 0.25) is 10.0 Å². The van der Waals surface area contributed by atoms with Crippen LogP contribution in [0.3, 0.4) is 0 Å². The molecule has 2 fully saturated rings. The van der Waals surface area contributed by atoms with Gasteiger partial charge in [-0.1, -0.05) is 23.2 Å². The molecule has 13 heteroatoms. The van der Waals surface area contributed by atoms with Gasteiger partial charge in [0.25, 0.3) is 0 Å². The number of likely N-dealkylation sites (tertiary alicyclic amines) is 1. The minimum Gasteiger partial charge on any atom is -0.484 e. The number of carboxylic acids is 1. The maximum atomic E-state index is 15.0. The minimum absolute atomic E-state index is 0.0552. The molecule has 3 heterocycles. The Bertz CT molecular complexity index is 1750. The van der Waals surface area contributed by atoms with Crippen molar-refractivity contribution in [2.24, 2.45) is 5.41 Å². The molecule has 1 aliphatic carbocycles. The van der Waals surface area contributed by atoms with Gasteiger partial charge in [0, 0.05) is 48.8 Å². The molecule has 228 valence electrons. The highest BCUT2D eigenvalue weighted by atomic mass is 35.5. The number of halogens is 3. The highest BCUT2D eigenvalue weighted by Crippen LogP contribution is 2.50. The van der Waals surface area contributed by atoms with E-state index in [2.05, 4.69) is 25.9 Å². The zero-order valence-corrected chi connectivity index (χ0v) is 25.2. The molecule has 0 bridgehead atoms. The minimum atomic E-state index is -1.20. The standard InChI is InChI=1S/C31H29Cl2FN6O4/c32-20-1-2-25(22(33)15-20)43-17-26-36-10-3-28(37-26)44-21-4-11-39(12-5-21)16-27-38-29-23(34)13-19(30(41)42)14-24(29)40(27)18-31(6-7-31)8-9-35/h1-3,10,13-15,21H,4-8,11-12,16-18H2,(H,41,42). The summed E-state index contributed by atoms with van der Waals surface area (Å²) in [5, 5.41) is 19.8. The van der Waals surface area contributed by atoms with Gasteiger partial charge in [-0.05, 0) is 56.0 Å². The smallest absolute Gasteiger partial charge is 0.335 e. The number of carboxylic acid groups (broad SMARTS) is 1. The van der Waals surface area contributed by atoms with E-state index < -0.39 is 11.8 Å². The van der Waals surface area contributed by atoms with Gasteiger partial charge in [0.2, 0.25) is 5.88 Å². The van der Waals surface area contributed by atoms with Crippen LogP contribution in [0, 0.1) is 22.6 Å². The van der Waals surface area contributed by atoms with Crippen molar-refractivity contribution in [3.8, 4) is 17.7 Å². The van der Waals surface area contributed by atoms with Crippen LogP contribution in [0.25, 0.3) is 11.0 Å². The van der Waals surface area contributed by atoms with Gasteiger partial charge in [0.1, 0.15) is 29.8 Å². The Labute approximate surface area is 263 Å². The van der Waals surface area contributed by atoms with Gasteiger partial charge < -0.3 is 19.1 Å². The number of ether oxygens (including phenoxy) is 2. The van der Waals surface area contributed by atoms with Crippen LogP contribution in [0.5, 0.6) is 11.6 Å². The summed E-state index contributed by atoms with van der Waals surface area (Å²) in [6, 6.07) is 11.4. The third-order valence-corrected chi connectivity index (χ3v) is 8.69. The lowest BCUT2D eigenvalue weighted by molar-refractivity contribution is 0.0696. The third kappa shape index (κ3) is 6.73. The van der Waals surface area contributed by atoms with Crippen LogP contribution in [-0.2, 0) is 19.7 Å². The van der Waals surface area contributed by atoms with Crippen LogP contribution in [0.4, 0.5) is 4.39 Å². The van der Waals surface area contributed by atoms with Gasteiger partial charge in [0.15, 0.2) is 11.6 Å². The Morgan fingerprint density at radius 1 is 1.16 bits per heavy atom. The molecule has 2 aromatic carbocycles. The number of imidazole rings is 1. The first-order chi connectivity index (χ1) is 21.2. The number of fused-ring (bicyclic) bond motifs is 1. The molecule has 0 amide bonds. The van der Waals surface area contributed by atoms with Crippen LogP contribution in [0.1, 0.15) is 54.1 Å². The average Bonchev–Trinajstić information content (AvgIpc) is 3.67. The van der Waals surface area contributed by atoms with Crippen molar-refractivity contribution in [3.05, 3.63) is 75.7 Å². The lowest BCUT2D eigenvalue weighted by Gasteiger charge is -2.31. The maximum absolute atomic E-state index is 15.0. The predicted molar refractivity (Wildman–Crippen MR) is 160 cm³/mol. The van der Waals surface area contributed by atoms with E-state index in [1.54, 1.807) is 30.5 Å². The van der Waals surface area contributed by atoms with E-state index >= 15 is 0 Å². The number of aromatic carboxylic acids is 1. The van der Waals surface area contributed by atoms with Crippen LogP contribution in [-0.4, -0.2) is 54.7 Å². The molecule has 4 aromatic rings. The van der Waals surface area contributed by atoms with Gasteiger partial charge in [-0.25, -0.2) is 19.2 Å². The molecule has 1 N–H and O–H groups in total. The summed E-state index contributed by atoms with van der Waals surface area (Å²) >= 11 is 12.1. The molecule has 1 saturated heterocycles. The molecule has 1 aliphatic heterocycles. The van der Waals surface area contributed by atoms with Gasteiger partial charge >= 0.3 is 5.97 Å². The molecule has 2 aromatic heterocycles. The second-order valence-electron chi connectivity index (χ2n) is 11.3. The number of benzene rings is 2. The van der Waals surface area contributed by atoms with Crippen LogP contribution in [0.15, 0.2) is 42.6 Å². The van der Waals surface area contributed by atoms with Crippen molar-refractivity contribution < 1.29 is 23.8 Å². The van der Waals surface area contributed by atoms with Gasteiger partial charge in [-0.15, -0.1) is 0 Å². The summed E-state index contributed by atoms with van der Waals surface area (Å²) in [6.45, 7) is 2.52. The monoisotopic (exact) mass is 638 g/mol. The molecular formula is C31H29Cl2FN6O4. The van der Waals surface area contributed by atoms with Crippen molar-refractivity contribution in [1.29, 1.82) is 5.26 Å². The number of aromatic nitrogens is 4. The molecule has 0 radical (unpaired) electrons. The van der Waals surface area contributed by atoms with Crippen molar-refractivity contribution in [2.75, 3.05) is 13.1 Å². The van der Waals surface area contributed by atoms with Crippen molar-refractivity contribution in [3.63, 3.8) is 0 Å². The highest BCUT2D eigenvalue weighted by Gasteiger charge is 2.43. The lowest BCUT2D eigenvalue weighted by Crippen LogP contribution is -2.38. The Balaban J connectivity index is 1.10. The zero-order chi connectivity index (χ0) is 30.8. The third-order valence-electron chi connectivity index (χ3n) is 8.16. The molecule has 10 nitrogen and oxygen atoms in total. The molecule has 44 heavy (non-hydrogen) atoms. The van der Waals surface area contributed by atoms with E-state index in [9.17, 15) is 19.6 Å². The molecule has 6 rings (SSSR count). The normalized spacial score (nSPS) is 16.5. The van der Waals surface area contributed by atoms with Gasteiger partial charge in [0.05, 0.1) is 28.7 Å². The number of piperidine rings is 1. The largest absolute Gasteiger partial charge is 0.484 e.